The van der Waals surface area contributed by atoms with Gasteiger partial charge in [0, 0.05) is 12.8 Å². The minimum absolute atomic E-state index is 0.231. The lowest BCUT2D eigenvalue weighted by Gasteiger charge is -2.25. The Morgan fingerprint density at radius 1 is 1.47 bits per heavy atom. The van der Waals surface area contributed by atoms with E-state index < -0.39 is 21.7 Å². The molecular weight excluding hydrogens is 242 g/mol. The molecule has 2 N–H and O–H groups in total. The Labute approximate surface area is 103 Å². The number of carboxylic acid groups (broad SMARTS) is 1. The van der Waals surface area contributed by atoms with E-state index in [9.17, 15) is 13.2 Å². The third-order valence-electron chi connectivity index (χ3n) is 3.20. The maximum absolute atomic E-state index is 11.1. The van der Waals surface area contributed by atoms with Crippen molar-refractivity contribution in [3.8, 4) is 0 Å². The molecule has 0 spiro atoms. The molecule has 0 bridgehead atoms. The Hall–Kier alpha value is -0.620. The van der Waals surface area contributed by atoms with Crippen molar-refractivity contribution in [2.24, 2.45) is 11.8 Å². The van der Waals surface area contributed by atoms with Crippen molar-refractivity contribution in [2.75, 3.05) is 25.1 Å². The number of carboxylic acids is 1. The molecule has 1 saturated carbocycles. The summed E-state index contributed by atoms with van der Waals surface area (Å²) < 4.78 is 22.1. The molecule has 100 valence electrons. The van der Waals surface area contributed by atoms with Crippen LogP contribution in [-0.4, -0.2) is 44.6 Å². The van der Waals surface area contributed by atoms with Gasteiger partial charge < -0.3 is 10.4 Å². The Kier molecular flexibility index (Phi) is 5.39. The summed E-state index contributed by atoms with van der Waals surface area (Å²) >= 11 is 0. The number of hydrogen-bond acceptors (Lipinski definition) is 4. The van der Waals surface area contributed by atoms with Gasteiger partial charge in [-0.1, -0.05) is 19.3 Å². The van der Waals surface area contributed by atoms with Gasteiger partial charge in [0.2, 0.25) is 0 Å². The van der Waals surface area contributed by atoms with Gasteiger partial charge in [0.1, 0.15) is 9.84 Å². The first kappa shape index (κ1) is 14.4. The van der Waals surface area contributed by atoms with Crippen molar-refractivity contribution >= 4 is 15.8 Å². The second kappa shape index (κ2) is 6.35. The van der Waals surface area contributed by atoms with E-state index in [0.29, 0.717) is 0 Å². The quantitative estimate of drug-likeness (QED) is 0.623. The Balaban J connectivity index is 2.21. The van der Waals surface area contributed by atoms with Gasteiger partial charge in [-0.3, -0.25) is 4.79 Å². The highest BCUT2D eigenvalue weighted by Gasteiger charge is 2.22. The maximum Gasteiger partial charge on any atom is 0.308 e. The monoisotopic (exact) mass is 263 g/mol. The SMILES string of the molecule is CS(=O)(=O)CC(CNCCC1CCC1)C(=O)O. The largest absolute Gasteiger partial charge is 0.481 e. The third-order valence-corrected chi connectivity index (χ3v) is 4.21. The van der Waals surface area contributed by atoms with Gasteiger partial charge in [0.25, 0.3) is 0 Å². The van der Waals surface area contributed by atoms with Crippen LogP contribution in [0.1, 0.15) is 25.7 Å². The van der Waals surface area contributed by atoms with Crippen molar-refractivity contribution in [1.82, 2.24) is 5.32 Å². The highest BCUT2D eigenvalue weighted by Crippen LogP contribution is 2.28. The van der Waals surface area contributed by atoms with Crippen LogP contribution < -0.4 is 5.32 Å². The Morgan fingerprint density at radius 3 is 2.53 bits per heavy atom. The molecular formula is C11H21NO4S. The predicted molar refractivity (Wildman–Crippen MR) is 65.7 cm³/mol. The van der Waals surface area contributed by atoms with E-state index >= 15 is 0 Å². The molecule has 1 aliphatic carbocycles. The van der Waals surface area contributed by atoms with E-state index in [2.05, 4.69) is 5.32 Å². The summed E-state index contributed by atoms with van der Waals surface area (Å²) in [6.07, 6.45) is 5.97. The van der Waals surface area contributed by atoms with Crippen LogP contribution in [0.5, 0.6) is 0 Å². The number of sulfone groups is 1. The zero-order valence-electron chi connectivity index (χ0n) is 10.2. The van der Waals surface area contributed by atoms with Crippen molar-refractivity contribution in [3.63, 3.8) is 0 Å². The lowest BCUT2D eigenvalue weighted by Crippen LogP contribution is -2.34. The summed E-state index contributed by atoms with van der Waals surface area (Å²) in [5, 5.41) is 11.9. The van der Waals surface area contributed by atoms with E-state index in [1.165, 1.54) is 19.3 Å². The molecule has 1 aliphatic rings. The van der Waals surface area contributed by atoms with Gasteiger partial charge in [-0.05, 0) is 18.9 Å². The number of carbonyl (C=O) groups is 1. The zero-order chi connectivity index (χ0) is 12.9. The van der Waals surface area contributed by atoms with Crippen molar-refractivity contribution in [1.29, 1.82) is 0 Å². The molecule has 1 atom stereocenters. The topological polar surface area (TPSA) is 83.5 Å². The Bertz CT molecular complexity index is 348. The summed E-state index contributed by atoms with van der Waals surface area (Å²) in [6, 6.07) is 0. The summed E-state index contributed by atoms with van der Waals surface area (Å²) in [7, 11) is -3.24. The van der Waals surface area contributed by atoms with Crippen LogP contribution >= 0.6 is 0 Å². The summed E-state index contributed by atoms with van der Waals surface area (Å²) in [4.78, 5) is 10.9. The van der Waals surface area contributed by atoms with Gasteiger partial charge >= 0.3 is 5.97 Å². The second-order valence-corrected chi connectivity index (χ2v) is 7.10. The van der Waals surface area contributed by atoms with Gasteiger partial charge in [-0.2, -0.15) is 0 Å². The van der Waals surface area contributed by atoms with Gasteiger partial charge in [-0.25, -0.2) is 8.42 Å². The molecule has 0 heterocycles. The van der Waals surface area contributed by atoms with Crippen LogP contribution in [0.2, 0.25) is 0 Å². The molecule has 0 aromatic heterocycles. The van der Waals surface area contributed by atoms with E-state index in [4.69, 9.17) is 5.11 Å². The molecule has 0 amide bonds. The first-order valence-corrected chi connectivity index (χ1v) is 8.06. The van der Waals surface area contributed by atoms with E-state index in [1.54, 1.807) is 0 Å². The van der Waals surface area contributed by atoms with Crippen LogP contribution in [0.4, 0.5) is 0 Å². The van der Waals surface area contributed by atoms with Gasteiger partial charge in [0.15, 0.2) is 0 Å². The molecule has 0 aromatic carbocycles. The molecule has 1 unspecified atom stereocenters. The average molecular weight is 263 g/mol. The lowest BCUT2D eigenvalue weighted by atomic mass is 9.83. The van der Waals surface area contributed by atoms with Crippen LogP contribution in [-0.2, 0) is 14.6 Å². The number of nitrogens with one attached hydrogen (secondary N) is 1. The van der Waals surface area contributed by atoms with Crippen LogP contribution in [0.3, 0.4) is 0 Å². The fourth-order valence-electron chi connectivity index (χ4n) is 1.95. The van der Waals surface area contributed by atoms with Crippen LogP contribution in [0.25, 0.3) is 0 Å². The second-order valence-electron chi connectivity index (χ2n) is 4.92. The molecule has 6 heteroatoms. The van der Waals surface area contributed by atoms with E-state index in [-0.39, 0.29) is 12.3 Å². The van der Waals surface area contributed by atoms with Gasteiger partial charge in [-0.15, -0.1) is 0 Å². The predicted octanol–water partition coefficient (Wildman–Crippen LogP) is 0.512. The highest BCUT2D eigenvalue weighted by molar-refractivity contribution is 7.90. The fourth-order valence-corrected chi connectivity index (χ4v) is 2.94. The van der Waals surface area contributed by atoms with Crippen LogP contribution in [0, 0.1) is 11.8 Å². The molecule has 0 saturated heterocycles. The van der Waals surface area contributed by atoms with Crippen LogP contribution in [0.15, 0.2) is 0 Å². The molecule has 5 nitrogen and oxygen atoms in total. The van der Waals surface area contributed by atoms with Gasteiger partial charge in [0.05, 0.1) is 11.7 Å². The minimum Gasteiger partial charge on any atom is -0.481 e. The lowest BCUT2D eigenvalue weighted by molar-refractivity contribution is -0.140. The molecule has 0 aliphatic heterocycles. The molecule has 1 fully saturated rings. The van der Waals surface area contributed by atoms with Crippen molar-refractivity contribution < 1.29 is 18.3 Å². The smallest absolute Gasteiger partial charge is 0.308 e. The summed E-state index contributed by atoms with van der Waals surface area (Å²) in [6.45, 7) is 1.01. The summed E-state index contributed by atoms with van der Waals surface area (Å²) in [5.41, 5.74) is 0. The molecule has 0 radical (unpaired) electrons. The van der Waals surface area contributed by atoms with Crippen molar-refractivity contribution in [2.45, 2.75) is 25.7 Å². The number of aliphatic carboxylic acids is 1. The van der Waals surface area contributed by atoms with E-state index in [0.717, 1.165) is 25.1 Å². The number of rotatable bonds is 8. The average Bonchev–Trinajstić information content (AvgIpc) is 2.10. The fraction of sp³-hybridized carbons (Fsp3) is 0.909. The zero-order valence-corrected chi connectivity index (χ0v) is 11.0. The highest BCUT2D eigenvalue weighted by atomic mass is 32.2. The normalized spacial score (nSPS) is 18.6. The molecule has 17 heavy (non-hydrogen) atoms. The Morgan fingerprint density at radius 2 is 2.12 bits per heavy atom. The van der Waals surface area contributed by atoms with E-state index in [1.807, 2.05) is 0 Å². The summed E-state index contributed by atoms with van der Waals surface area (Å²) in [5.74, 6) is -1.41. The van der Waals surface area contributed by atoms with Crippen molar-refractivity contribution in [3.05, 3.63) is 0 Å². The first-order valence-electron chi connectivity index (χ1n) is 6.00. The molecule has 1 rings (SSSR count). The molecule has 0 aromatic rings. The standard InChI is InChI=1S/C11H21NO4S/c1-17(15,16)8-10(11(13)14)7-12-6-5-9-3-2-4-9/h9-10,12H,2-8H2,1H3,(H,13,14). The first-order chi connectivity index (χ1) is 7.88. The maximum atomic E-state index is 11.1. The number of hydrogen-bond donors (Lipinski definition) is 2. The third kappa shape index (κ3) is 6.02. The minimum atomic E-state index is -3.24.